The van der Waals surface area contributed by atoms with Gasteiger partial charge >= 0.3 is 37.7 Å². The number of benzene rings is 4. The van der Waals surface area contributed by atoms with Crippen molar-refractivity contribution in [3.8, 4) is 33.8 Å². The number of phenols is 2. The van der Waals surface area contributed by atoms with Gasteiger partial charge in [-0.3, -0.25) is 0 Å². The molecule has 4 aromatic carbocycles. The summed E-state index contributed by atoms with van der Waals surface area (Å²) >= 11 is 0. The Morgan fingerprint density at radius 3 is 1.06 bits per heavy atom. The Hall–Kier alpha value is -1.88. The Balaban J connectivity index is 0.000000227. The van der Waals surface area contributed by atoms with Gasteiger partial charge in [0.2, 0.25) is 0 Å². The summed E-state index contributed by atoms with van der Waals surface area (Å²) in [7, 11) is -6.03. The maximum atomic E-state index is 11.1. The van der Waals surface area contributed by atoms with E-state index in [1.54, 1.807) is 72.8 Å². The summed E-state index contributed by atoms with van der Waals surface area (Å²) in [4.78, 5) is 22.2. The van der Waals surface area contributed by atoms with Crippen molar-refractivity contribution in [2.75, 3.05) is 0 Å². The zero-order valence-electron chi connectivity index (χ0n) is 17.5. The van der Waals surface area contributed by atoms with E-state index in [4.69, 9.17) is 0 Å². The second-order valence-corrected chi connectivity index (χ2v) is 8.93. The van der Waals surface area contributed by atoms with Gasteiger partial charge in [-0.1, -0.05) is 84.9 Å². The first-order valence-electron chi connectivity index (χ1n) is 9.57. The van der Waals surface area contributed by atoms with Gasteiger partial charge in [-0.25, -0.2) is 0 Å². The first-order valence-corrected chi connectivity index (χ1v) is 12.2. The van der Waals surface area contributed by atoms with Gasteiger partial charge in [-0.2, -0.15) is 0 Å². The van der Waals surface area contributed by atoms with Crippen LogP contribution < -0.4 is 20.4 Å². The van der Waals surface area contributed by atoms with Crippen molar-refractivity contribution < 1.29 is 29.1 Å². The minimum absolute atomic E-state index is 0. The standard InChI is InChI=1S/2C12H11O3P.Ca/c2*13-11-7-3-1-5-9(11)10-6-2-4-8-12(10)16(14)15;/h2*1-8,13,16H,(H,14,15);/q;;+2/p-2. The molecule has 2 unspecified atom stereocenters. The molecule has 0 bridgehead atoms. The summed E-state index contributed by atoms with van der Waals surface area (Å²) in [6.45, 7) is 0. The van der Waals surface area contributed by atoms with Crippen LogP contribution in [-0.2, 0) is 9.13 Å². The second-order valence-electron chi connectivity index (χ2n) is 6.70. The van der Waals surface area contributed by atoms with Crippen molar-refractivity contribution in [2.24, 2.45) is 0 Å². The van der Waals surface area contributed by atoms with Crippen molar-refractivity contribution in [3.63, 3.8) is 0 Å². The monoisotopic (exact) mass is 506 g/mol. The summed E-state index contributed by atoms with van der Waals surface area (Å²) < 4.78 is 22.2. The molecule has 0 saturated carbocycles. The number of phenolic OH excluding ortho intramolecular Hbond substituents is 2. The predicted octanol–water partition coefficient (Wildman–Crippen LogP) is 2.66. The third-order valence-electron chi connectivity index (χ3n) is 4.68. The van der Waals surface area contributed by atoms with Crippen LogP contribution in [0.1, 0.15) is 0 Å². The number of para-hydroxylation sites is 2. The molecule has 4 aromatic rings. The Morgan fingerprint density at radius 2 is 0.758 bits per heavy atom. The van der Waals surface area contributed by atoms with Gasteiger partial charge < -0.3 is 29.1 Å². The molecule has 0 saturated heterocycles. The van der Waals surface area contributed by atoms with Gasteiger partial charge in [0, 0.05) is 37.8 Å². The van der Waals surface area contributed by atoms with Crippen LogP contribution in [0.2, 0.25) is 0 Å². The van der Waals surface area contributed by atoms with Gasteiger partial charge in [-0.15, -0.1) is 0 Å². The summed E-state index contributed by atoms with van der Waals surface area (Å²) in [5.74, 6) is 0.163. The molecule has 0 aliphatic carbocycles. The quantitative estimate of drug-likeness (QED) is 0.324. The average molecular weight is 506 g/mol. The summed E-state index contributed by atoms with van der Waals surface area (Å²) in [5, 5.41) is 19.9. The SMILES string of the molecule is O=[PH]([O-])c1ccccc1-c1ccccc1O.O=[PH]([O-])c1ccccc1-c1ccccc1O.[Ca+2]. The Bertz CT molecular complexity index is 1180. The molecular formula is C24H20CaO6P2. The summed E-state index contributed by atoms with van der Waals surface area (Å²) in [6, 6.07) is 26.6. The van der Waals surface area contributed by atoms with E-state index in [2.05, 4.69) is 0 Å². The van der Waals surface area contributed by atoms with E-state index in [1.807, 2.05) is 0 Å². The van der Waals surface area contributed by atoms with Gasteiger partial charge in [0.15, 0.2) is 0 Å². The topological polar surface area (TPSA) is 121 Å². The van der Waals surface area contributed by atoms with Crippen molar-refractivity contribution in [2.45, 2.75) is 0 Å². The molecule has 9 heteroatoms. The summed E-state index contributed by atoms with van der Waals surface area (Å²) in [6.07, 6.45) is 0. The summed E-state index contributed by atoms with van der Waals surface area (Å²) in [5.41, 5.74) is 2.15. The van der Waals surface area contributed by atoms with E-state index in [0.717, 1.165) is 0 Å². The van der Waals surface area contributed by atoms with Crippen molar-refractivity contribution in [1.82, 2.24) is 0 Å². The normalized spacial score (nSPS) is 11.9. The maximum Gasteiger partial charge on any atom is 2.00 e. The van der Waals surface area contributed by atoms with Gasteiger partial charge in [0.05, 0.1) is 0 Å². The van der Waals surface area contributed by atoms with Crippen LogP contribution in [0, 0.1) is 0 Å². The number of rotatable bonds is 4. The van der Waals surface area contributed by atoms with Crippen molar-refractivity contribution in [1.29, 1.82) is 0 Å². The van der Waals surface area contributed by atoms with Crippen LogP contribution in [0.5, 0.6) is 11.5 Å². The van der Waals surface area contributed by atoms with Crippen LogP contribution in [0.25, 0.3) is 22.3 Å². The van der Waals surface area contributed by atoms with Crippen LogP contribution in [-0.4, -0.2) is 48.0 Å². The fraction of sp³-hybridized carbons (Fsp3) is 0. The van der Waals surface area contributed by atoms with Crippen molar-refractivity contribution in [3.05, 3.63) is 97.1 Å². The Kier molecular flexibility index (Phi) is 10.9. The number of hydrogen-bond acceptors (Lipinski definition) is 6. The largest absolute Gasteiger partial charge is 2.00 e. The van der Waals surface area contributed by atoms with Crippen LogP contribution in [0.4, 0.5) is 0 Å². The molecule has 0 amide bonds. The molecule has 0 aromatic heterocycles. The van der Waals surface area contributed by atoms with E-state index >= 15 is 0 Å². The van der Waals surface area contributed by atoms with E-state index in [1.165, 1.54) is 24.3 Å². The number of aromatic hydroxyl groups is 2. The van der Waals surface area contributed by atoms with E-state index in [9.17, 15) is 29.1 Å². The van der Waals surface area contributed by atoms with Crippen LogP contribution in [0.3, 0.4) is 0 Å². The Labute approximate surface area is 222 Å². The molecule has 0 heterocycles. The van der Waals surface area contributed by atoms with Crippen LogP contribution in [0.15, 0.2) is 97.1 Å². The van der Waals surface area contributed by atoms with Gasteiger partial charge in [-0.05, 0) is 23.3 Å². The molecule has 0 radical (unpaired) electrons. The molecule has 0 aliphatic heterocycles. The zero-order chi connectivity index (χ0) is 23.1. The molecule has 6 nitrogen and oxygen atoms in total. The second kappa shape index (κ2) is 13.1. The molecular weight excluding hydrogens is 486 g/mol. The molecule has 0 fully saturated rings. The van der Waals surface area contributed by atoms with Gasteiger partial charge in [0.1, 0.15) is 11.5 Å². The fourth-order valence-corrected chi connectivity index (χ4v) is 4.54. The zero-order valence-corrected chi connectivity index (χ0v) is 21.7. The molecule has 2 atom stereocenters. The smallest absolute Gasteiger partial charge is 0.798 e. The average Bonchev–Trinajstić information content (AvgIpc) is 2.80. The molecule has 33 heavy (non-hydrogen) atoms. The first-order chi connectivity index (χ1) is 15.4. The molecule has 164 valence electrons. The number of hydrogen-bond donors (Lipinski definition) is 2. The van der Waals surface area contributed by atoms with Crippen molar-refractivity contribution >= 4 is 64.4 Å². The molecule has 0 spiro atoms. The van der Waals surface area contributed by atoms with E-state index in [0.29, 0.717) is 22.3 Å². The van der Waals surface area contributed by atoms with Gasteiger partial charge in [0.25, 0.3) is 0 Å². The van der Waals surface area contributed by atoms with E-state index in [-0.39, 0.29) is 59.8 Å². The minimum Gasteiger partial charge on any atom is -0.798 e. The molecule has 4 rings (SSSR count). The Morgan fingerprint density at radius 1 is 0.485 bits per heavy atom. The van der Waals surface area contributed by atoms with E-state index < -0.39 is 16.1 Å². The molecule has 0 aliphatic rings. The van der Waals surface area contributed by atoms with Crippen LogP contribution >= 0.6 is 16.1 Å². The third kappa shape index (κ3) is 7.05. The minimum atomic E-state index is -3.02. The molecule has 2 N–H and O–H groups in total. The fourth-order valence-electron chi connectivity index (χ4n) is 3.19. The maximum absolute atomic E-state index is 11.1. The first kappa shape index (κ1) is 27.4. The third-order valence-corrected chi connectivity index (χ3v) is 6.43. The predicted molar refractivity (Wildman–Crippen MR) is 130 cm³/mol.